The predicted molar refractivity (Wildman–Crippen MR) is 75.9 cm³/mol. The number of aliphatic imine (C=N–C) groups is 1. The maximum Gasteiger partial charge on any atom is 0.252 e. The molecule has 0 aromatic heterocycles. The third kappa shape index (κ3) is 2.49. The van der Waals surface area contributed by atoms with Crippen LogP contribution in [0.25, 0.3) is 0 Å². The largest absolute Gasteiger partial charge is 0.342 e. The maximum absolute atomic E-state index is 12.5. The van der Waals surface area contributed by atoms with Crippen LogP contribution in [0.3, 0.4) is 0 Å². The van der Waals surface area contributed by atoms with Crippen molar-refractivity contribution in [3.8, 4) is 0 Å². The summed E-state index contributed by atoms with van der Waals surface area (Å²) >= 11 is 0. The molecule has 0 unspecified atom stereocenters. The van der Waals surface area contributed by atoms with E-state index in [2.05, 4.69) is 43.3 Å². The summed E-state index contributed by atoms with van der Waals surface area (Å²) in [5, 5.41) is 6.39. The highest BCUT2D eigenvalue weighted by Crippen LogP contribution is 2.50. The number of carbonyl (C=O) groups excluding carboxylic acids is 1. The van der Waals surface area contributed by atoms with Crippen molar-refractivity contribution in [1.82, 2.24) is 10.6 Å². The average Bonchev–Trinajstić information content (AvgIpc) is 2.90. The Labute approximate surface area is 115 Å². The van der Waals surface area contributed by atoms with Crippen LogP contribution in [0.1, 0.15) is 59.8 Å². The fourth-order valence-corrected chi connectivity index (χ4v) is 4.36. The lowest BCUT2D eigenvalue weighted by atomic mass is 9.58. The Kier molecular flexibility index (Phi) is 2.55. The smallest absolute Gasteiger partial charge is 0.252 e. The van der Waals surface area contributed by atoms with Crippen LogP contribution in [-0.4, -0.2) is 23.4 Å². The molecule has 0 bridgehead atoms. The summed E-state index contributed by atoms with van der Waals surface area (Å²) in [7, 11) is 0. The first-order chi connectivity index (χ1) is 8.70. The van der Waals surface area contributed by atoms with Crippen molar-refractivity contribution in [3.63, 3.8) is 0 Å². The molecule has 1 spiro atoms. The Morgan fingerprint density at radius 2 is 1.63 bits per heavy atom. The Hall–Kier alpha value is -1.06. The van der Waals surface area contributed by atoms with Crippen molar-refractivity contribution in [2.45, 2.75) is 71.4 Å². The Morgan fingerprint density at radius 3 is 2.16 bits per heavy atom. The van der Waals surface area contributed by atoms with Gasteiger partial charge in [0.2, 0.25) is 0 Å². The molecule has 3 rings (SSSR count). The summed E-state index contributed by atoms with van der Waals surface area (Å²) in [5.74, 6) is 0.828. The zero-order valence-corrected chi connectivity index (χ0v) is 12.5. The van der Waals surface area contributed by atoms with Gasteiger partial charge in [0.05, 0.1) is 6.04 Å². The first-order valence-electron chi connectivity index (χ1n) is 7.37. The molecule has 2 N–H and O–H groups in total. The molecule has 2 aliphatic carbocycles. The van der Waals surface area contributed by atoms with Crippen LogP contribution in [0.15, 0.2) is 4.99 Å². The van der Waals surface area contributed by atoms with Crippen LogP contribution in [0, 0.1) is 10.8 Å². The minimum Gasteiger partial charge on any atom is -0.342 e. The van der Waals surface area contributed by atoms with E-state index >= 15 is 0 Å². The van der Waals surface area contributed by atoms with Gasteiger partial charge in [-0.2, -0.15) is 0 Å². The van der Waals surface area contributed by atoms with Gasteiger partial charge in [-0.25, -0.2) is 4.99 Å². The van der Waals surface area contributed by atoms with Crippen molar-refractivity contribution >= 4 is 11.9 Å². The molecule has 3 aliphatic rings. The lowest BCUT2D eigenvalue weighted by molar-refractivity contribution is -0.129. The molecular weight excluding hydrogens is 238 g/mol. The van der Waals surface area contributed by atoms with E-state index in [4.69, 9.17) is 0 Å². The van der Waals surface area contributed by atoms with Crippen LogP contribution in [-0.2, 0) is 4.79 Å². The van der Waals surface area contributed by atoms with Gasteiger partial charge in [-0.3, -0.25) is 10.1 Å². The van der Waals surface area contributed by atoms with Gasteiger partial charge >= 0.3 is 0 Å². The third-order valence-corrected chi connectivity index (χ3v) is 4.40. The lowest BCUT2D eigenvalue weighted by Crippen LogP contribution is -2.56. The molecule has 1 amide bonds. The van der Waals surface area contributed by atoms with Gasteiger partial charge in [-0.05, 0) is 42.9 Å². The van der Waals surface area contributed by atoms with Crippen molar-refractivity contribution < 1.29 is 4.79 Å². The van der Waals surface area contributed by atoms with Gasteiger partial charge in [0.1, 0.15) is 5.54 Å². The number of rotatable bonds is 1. The lowest BCUT2D eigenvalue weighted by Gasteiger charge is -2.49. The quantitative estimate of drug-likeness (QED) is 0.762. The molecule has 0 atom stereocenters. The predicted octanol–water partition coefficient (Wildman–Crippen LogP) is 2.20. The second-order valence-electron chi connectivity index (χ2n) is 8.23. The molecule has 0 radical (unpaired) electrons. The van der Waals surface area contributed by atoms with Gasteiger partial charge in [-0.15, -0.1) is 0 Å². The van der Waals surface area contributed by atoms with Crippen LogP contribution in [0.4, 0.5) is 0 Å². The van der Waals surface area contributed by atoms with Crippen molar-refractivity contribution in [2.75, 3.05) is 0 Å². The van der Waals surface area contributed by atoms with Crippen LogP contribution < -0.4 is 10.6 Å². The summed E-state index contributed by atoms with van der Waals surface area (Å²) in [5.41, 5.74) is -0.0821. The van der Waals surface area contributed by atoms with Crippen LogP contribution >= 0.6 is 0 Å². The first-order valence-corrected chi connectivity index (χ1v) is 7.37. The number of nitrogens with zero attached hydrogens (tertiary/aromatic N) is 1. The van der Waals surface area contributed by atoms with Crippen molar-refractivity contribution in [3.05, 3.63) is 0 Å². The molecule has 1 heterocycles. The van der Waals surface area contributed by atoms with E-state index in [0.717, 1.165) is 32.1 Å². The number of nitrogens with one attached hydrogen (secondary N) is 2. The molecule has 106 valence electrons. The Bertz CT molecular complexity index is 430. The SMILES string of the molecule is CC1(C)CC(C)(C)CC2(C1)NC(=NC1CC1)NC2=O. The van der Waals surface area contributed by atoms with Gasteiger partial charge in [-0.1, -0.05) is 27.7 Å². The number of amides is 1. The fourth-order valence-electron chi connectivity index (χ4n) is 4.36. The van der Waals surface area contributed by atoms with Gasteiger partial charge in [0.15, 0.2) is 5.96 Å². The van der Waals surface area contributed by atoms with E-state index in [-0.39, 0.29) is 16.7 Å². The Balaban J connectivity index is 1.87. The highest BCUT2D eigenvalue weighted by atomic mass is 16.2. The molecular formula is C15H25N3O. The van der Waals surface area contributed by atoms with E-state index < -0.39 is 5.54 Å². The molecule has 4 heteroatoms. The van der Waals surface area contributed by atoms with E-state index in [1.807, 2.05) is 0 Å². The number of hydrogen-bond donors (Lipinski definition) is 2. The van der Waals surface area contributed by atoms with E-state index in [9.17, 15) is 4.79 Å². The van der Waals surface area contributed by atoms with Gasteiger partial charge < -0.3 is 5.32 Å². The zero-order valence-electron chi connectivity index (χ0n) is 12.5. The normalized spacial score (nSPS) is 33.3. The summed E-state index contributed by atoms with van der Waals surface area (Å²) in [6, 6.07) is 0.433. The third-order valence-electron chi connectivity index (χ3n) is 4.40. The van der Waals surface area contributed by atoms with E-state index in [1.54, 1.807) is 0 Å². The summed E-state index contributed by atoms with van der Waals surface area (Å²) in [6.45, 7) is 9.06. The van der Waals surface area contributed by atoms with E-state index in [1.165, 1.54) is 0 Å². The zero-order chi connectivity index (χ0) is 13.9. The number of guanidine groups is 1. The van der Waals surface area contributed by atoms with Gasteiger partial charge in [0, 0.05) is 0 Å². The first kappa shape index (κ1) is 12.9. The maximum atomic E-state index is 12.5. The second kappa shape index (κ2) is 3.74. The molecule has 1 saturated heterocycles. The highest BCUT2D eigenvalue weighted by Gasteiger charge is 2.55. The van der Waals surface area contributed by atoms with Crippen molar-refractivity contribution in [2.24, 2.45) is 15.8 Å². The fraction of sp³-hybridized carbons (Fsp3) is 0.867. The number of carbonyl (C=O) groups is 1. The highest BCUT2D eigenvalue weighted by molar-refractivity contribution is 6.09. The minimum absolute atomic E-state index is 0.118. The van der Waals surface area contributed by atoms with Crippen LogP contribution in [0.2, 0.25) is 0 Å². The number of hydrogen-bond acceptors (Lipinski definition) is 2. The van der Waals surface area contributed by atoms with Gasteiger partial charge in [0.25, 0.3) is 5.91 Å². The molecule has 19 heavy (non-hydrogen) atoms. The topological polar surface area (TPSA) is 53.5 Å². The minimum atomic E-state index is -0.445. The molecule has 4 nitrogen and oxygen atoms in total. The molecule has 3 fully saturated rings. The Morgan fingerprint density at radius 1 is 1.05 bits per heavy atom. The molecule has 0 aromatic carbocycles. The summed E-state index contributed by atoms with van der Waals surface area (Å²) in [4.78, 5) is 17.0. The summed E-state index contributed by atoms with van der Waals surface area (Å²) in [6.07, 6.45) is 5.25. The molecule has 2 saturated carbocycles. The summed E-state index contributed by atoms with van der Waals surface area (Å²) < 4.78 is 0. The molecule has 1 aliphatic heterocycles. The van der Waals surface area contributed by atoms with Crippen LogP contribution in [0.5, 0.6) is 0 Å². The monoisotopic (exact) mass is 263 g/mol. The standard InChI is InChI=1S/C15H25N3O/c1-13(2)7-14(3,4)9-15(8-13)11(19)17-12(18-15)16-10-5-6-10/h10H,5-9H2,1-4H3,(H2,16,17,18,19). The van der Waals surface area contributed by atoms with Crippen molar-refractivity contribution in [1.29, 1.82) is 0 Å². The molecule has 0 aromatic rings. The second-order valence-corrected chi connectivity index (χ2v) is 8.23. The average molecular weight is 263 g/mol. The van der Waals surface area contributed by atoms with E-state index in [0.29, 0.717) is 12.0 Å².